The zero-order valence-corrected chi connectivity index (χ0v) is 22.7. The first-order valence-electron chi connectivity index (χ1n) is 12.3. The monoisotopic (exact) mass is 507 g/mol. The van der Waals surface area contributed by atoms with Crippen molar-refractivity contribution in [1.82, 2.24) is 0 Å². The fourth-order valence-electron chi connectivity index (χ4n) is 2.91. The van der Waals surface area contributed by atoms with Crippen LogP contribution in [0.4, 0.5) is 0 Å². The number of hydrogen-bond donors (Lipinski definition) is 1. The summed E-state index contributed by atoms with van der Waals surface area (Å²) in [6, 6.07) is 3.66. The van der Waals surface area contributed by atoms with Gasteiger partial charge in [0.15, 0.2) is 11.5 Å². The van der Waals surface area contributed by atoms with Crippen LogP contribution >= 0.6 is 0 Å². The van der Waals surface area contributed by atoms with Crippen LogP contribution in [0.2, 0.25) is 0 Å². The lowest BCUT2D eigenvalue weighted by molar-refractivity contribution is -0.163. The lowest BCUT2D eigenvalue weighted by Gasteiger charge is -2.20. The molecule has 1 aromatic rings. The summed E-state index contributed by atoms with van der Waals surface area (Å²) in [6.45, 7) is 14.3. The van der Waals surface area contributed by atoms with Crippen LogP contribution < -0.4 is 15.2 Å². The van der Waals surface area contributed by atoms with E-state index in [1.165, 1.54) is 12.1 Å². The van der Waals surface area contributed by atoms with Crippen LogP contribution in [0.5, 0.6) is 11.5 Å². The van der Waals surface area contributed by atoms with Gasteiger partial charge in [-0.3, -0.25) is 19.2 Å². The molecule has 0 spiro atoms. The van der Waals surface area contributed by atoms with Gasteiger partial charge in [-0.1, -0.05) is 33.8 Å². The van der Waals surface area contributed by atoms with Crippen molar-refractivity contribution < 1.29 is 38.1 Å². The van der Waals surface area contributed by atoms with Crippen LogP contribution in [-0.4, -0.2) is 42.6 Å². The van der Waals surface area contributed by atoms with Gasteiger partial charge in [-0.25, -0.2) is 0 Å². The second-order valence-electron chi connectivity index (χ2n) is 10.8. The van der Waals surface area contributed by atoms with Crippen molar-refractivity contribution in [2.45, 2.75) is 86.8 Å². The molecule has 0 radical (unpaired) electrons. The van der Waals surface area contributed by atoms with Gasteiger partial charge in [-0.15, -0.1) is 0 Å². The summed E-state index contributed by atoms with van der Waals surface area (Å²) < 4.78 is 21.4. The first-order chi connectivity index (χ1) is 16.6. The van der Waals surface area contributed by atoms with Gasteiger partial charge >= 0.3 is 23.9 Å². The minimum Gasteiger partial charge on any atom is -0.461 e. The van der Waals surface area contributed by atoms with Crippen molar-refractivity contribution in [1.29, 1.82) is 0 Å². The molecule has 2 atom stereocenters. The molecule has 2 N–H and O–H groups in total. The maximum Gasteiger partial charge on any atom is 0.323 e. The summed E-state index contributed by atoms with van der Waals surface area (Å²) in [7, 11) is 0. The zero-order chi connectivity index (χ0) is 27.6. The third kappa shape index (κ3) is 11.7. The van der Waals surface area contributed by atoms with Gasteiger partial charge in [-0.2, -0.15) is 0 Å². The predicted octanol–water partition coefficient (Wildman–Crippen LogP) is 3.98. The first-order valence-corrected chi connectivity index (χ1v) is 12.3. The number of rotatable bonds is 12. The highest BCUT2D eigenvalue weighted by Gasteiger charge is 2.25. The summed E-state index contributed by atoms with van der Waals surface area (Å²) in [5.41, 5.74) is 5.96. The molecule has 1 rings (SSSR count). The molecule has 36 heavy (non-hydrogen) atoms. The smallest absolute Gasteiger partial charge is 0.323 e. The molecule has 9 heteroatoms. The molecule has 9 nitrogen and oxygen atoms in total. The summed E-state index contributed by atoms with van der Waals surface area (Å²) in [5.74, 6) is -1.59. The fraction of sp³-hybridized carbons (Fsp3) is 0.630. The van der Waals surface area contributed by atoms with Gasteiger partial charge in [-0.05, 0) is 63.6 Å². The third-order valence-electron chi connectivity index (χ3n) is 4.74. The van der Waals surface area contributed by atoms with Crippen molar-refractivity contribution in [3.8, 4) is 11.5 Å². The Hall–Kier alpha value is -2.94. The van der Waals surface area contributed by atoms with E-state index in [4.69, 9.17) is 24.7 Å². The van der Waals surface area contributed by atoms with Crippen LogP contribution in [0, 0.1) is 17.3 Å². The van der Waals surface area contributed by atoms with E-state index >= 15 is 0 Å². The van der Waals surface area contributed by atoms with Crippen LogP contribution in [-0.2, 0) is 35.1 Å². The Bertz CT molecular complexity index is 917. The Kier molecular flexibility index (Phi) is 12.1. The van der Waals surface area contributed by atoms with Crippen molar-refractivity contribution >= 4 is 23.9 Å². The van der Waals surface area contributed by atoms with E-state index < -0.39 is 41.4 Å². The molecule has 0 fully saturated rings. The fourth-order valence-corrected chi connectivity index (χ4v) is 2.91. The molecular weight excluding hydrogens is 466 g/mol. The molecule has 0 aromatic heterocycles. The molecule has 0 aliphatic rings. The van der Waals surface area contributed by atoms with Gasteiger partial charge in [0.05, 0.1) is 5.41 Å². The van der Waals surface area contributed by atoms with Crippen LogP contribution in [0.25, 0.3) is 0 Å². The summed E-state index contributed by atoms with van der Waals surface area (Å²) in [5, 5.41) is 0. The van der Waals surface area contributed by atoms with Crippen LogP contribution in [0.1, 0.15) is 73.8 Å². The van der Waals surface area contributed by atoms with E-state index in [1.54, 1.807) is 33.8 Å². The van der Waals surface area contributed by atoms with Crippen molar-refractivity contribution in [3.05, 3.63) is 23.8 Å². The average Bonchev–Trinajstić information content (AvgIpc) is 2.71. The van der Waals surface area contributed by atoms with E-state index in [0.29, 0.717) is 5.56 Å². The van der Waals surface area contributed by atoms with E-state index in [-0.39, 0.29) is 49.2 Å². The molecule has 1 aromatic carbocycles. The minimum atomic E-state index is -1.01. The number of esters is 4. The Morgan fingerprint density at radius 1 is 0.861 bits per heavy atom. The maximum atomic E-state index is 12.5. The lowest BCUT2D eigenvalue weighted by atomic mass is 9.97. The van der Waals surface area contributed by atoms with Crippen molar-refractivity contribution in [2.24, 2.45) is 23.0 Å². The Morgan fingerprint density at radius 2 is 1.39 bits per heavy atom. The molecule has 0 bridgehead atoms. The molecular formula is C27H41NO8. The highest BCUT2D eigenvalue weighted by atomic mass is 16.6. The maximum absolute atomic E-state index is 12.5. The van der Waals surface area contributed by atoms with E-state index in [9.17, 15) is 19.2 Å². The van der Waals surface area contributed by atoms with Gasteiger partial charge in [0.25, 0.3) is 0 Å². The predicted molar refractivity (Wildman–Crippen MR) is 134 cm³/mol. The second kappa shape index (κ2) is 14.0. The summed E-state index contributed by atoms with van der Waals surface area (Å²) in [6.07, 6.45) is -0.193. The van der Waals surface area contributed by atoms with Crippen molar-refractivity contribution in [3.63, 3.8) is 0 Å². The quantitative estimate of drug-likeness (QED) is 0.329. The summed E-state index contributed by atoms with van der Waals surface area (Å²) in [4.78, 5) is 48.8. The number of ether oxygens (including phenoxy) is 4. The molecule has 0 amide bonds. The van der Waals surface area contributed by atoms with Gasteiger partial charge in [0.1, 0.15) is 18.8 Å². The molecule has 0 aliphatic carbocycles. The first kappa shape index (κ1) is 31.1. The number of carbonyl (C=O) groups excluding carboxylic acids is 4. The number of nitrogens with two attached hydrogens (primary N) is 1. The van der Waals surface area contributed by atoms with Crippen molar-refractivity contribution in [2.75, 3.05) is 6.61 Å². The van der Waals surface area contributed by atoms with Gasteiger partial charge in [0.2, 0.25) is 0 Å². The number of benzene rings is 1. The molecule has 202 valence electrons. The molecule has 0 saturated heterocycles. The van der Waals surface area contributed by atoms with E-state index in [2.05, 4.69) is 0 Å². The Morgan fingerprint density at radius 3 is 1.89 bits per heavy atom. The zero-order valence-electron chi connectivity index (χ0n) is 22.7. The van der Waals surface area contributed by atoms with Crippen LogP contribution in [0.15, 0.2) is 18.2 Å². The number of hydrogen-bond acceptors (Lipinski definition) is 9. The second-order valence-corrected chi connectivity index (χ2v) is 10.8. The molecule has 0 aliphatic heterocycles. The SMILES string of the molecule is CC(C)CC(=O)Oc1ccc(C[C@H](N)C(=O)O[C@@H](C)COC(=O)C(C)(C)C)cc1OC(=O)CC(C)C. The normalized spacial score (nSPS) is 13.2. The van der Waals surface area contributed by atoms with E-state index in [1.807, 2.05) is 27.7 Å². The van der Waals surface area contributed by atoms with Crippen LogP contribution in [0.3, 0.4) is 0 Å². The third-order valence-corrected chi connectivity index (χ3v) is 4.74. The van der Waals surface area contributed by atoms with Gasteiger partial charge in [0, 0.05) is 12.8 Å². The highest BCUT2D eigenvalue weighted by molar-refractivity contribution is 5.78. The van der Waals surface area contributed by atoms with E-state index in [0.717, 1.165) is 0 Å². The number of carbonyl (C=O) groups is 4. The van der Waals surface area contributed by atoms with Gasteiger partial charge < -0.3 is 24.7 Å². The Balaban J connectivity index is 2.89. The highest BCUT2D eigenvalue weighted by Crippen LogP contribution is 2.30. The molecule has 0 unspecified atom stereocenters. The summed E-state index contributed by atoms with van der Waals surface area (Å²) >= 11 is 0. The minimum absolute atomic E-state index is 0.0817. The molecule has 0 heterocycles. The topological polar surface area (TPSA) is 131 Å². The average molecular weight is 508 g/mol. The largest absolute Gasteiger partial charge is 0.461 e. The standard InChI is InChI=1S/C27H41NO8/c1-16(2)11-23(29)35-21-10-9-19(14-22(21)36-24(30)12-17(3)4)13-20(28)25(31)34-18(5)15-33-26(32)27(6,7)8/h9-10,14,16-18,20H,11-13,15,28H2,1-8H3/t18-,20-/m0/s1. The molecule has 0 saturated carbocycles. The Labute approximate surface area is 214 Å². The lowest BCUT2D eigenvalue weighted by Crippen LogP contribution is -2.37.